The number of hydrogen-bond acceptors (Lipinski definition) is 6. The average molecular weight is 509 g/mol. The number of pyridine rings is 1. The molecule has 0 spiro atoms. The minimum atomic E-state index is -0.421. The Morgan fingerprint density at radius 1 is 1.14 bits per heavy atom. The van der Waals surface area contributed by atoms with E-state index in [-0.39, 0.29) is 29.6 Å². The molecular formula is C28H36N4O5. The van der Waals surface area contributed by atoms with Crippen LogP contribution >= 0.6 is 0 Å². The van der Waals surface area contributed by atoms with Crippen LogP contribution in [0, 0.1) is 5.92 Å². The zero-order valence-corrected chi connectivity index (χ0v) is 21.7. The maximum atomic E-state index is 13.3. The van der Waals surface area contributed by atoms with E-state index in [0.29, 0.717) is 50.2 Å². The molecule has 2 fully saturated rings. The molecular weight excluding hydrogens is 472 g/mol. The van der Waals surface area contributed by atoms with Crippen molar-refractivity contribution in [2.75, 3.05) is 39.9 Å². The average Bonchev–Trinajstić information content (AvgIpc) is 3.50. The Bertz CT molecular complexity index is 1210. The molecule has 9 nitrogen and oxygen atoms in total. The Morgan fingerprint density at radius 2 is 2.00 bits per heavy atom. The third-order valence-electron chi connectivity index (χ3n) is 8.00. The van der Waals surface area contributed by atoms with E-state index in [0.717, 1.165) is 31.6 Å². The summed E-state index contributed by atoms with van der Waals surface area (Å²) in [4.78, 5) is 43.0. The number of ether oxygens (including phenoxy) is 2. The van der Waals surface area contributed by atoms with E-state index in [1.807, 2.05) is 6.07 Å². The second-order valence-electron chi connectivity index (χ2n) is 10.3. The van der Waals surface area contributed by atoms with Crippen LogP contribution < -0.4 is 20.3 Å². The first-order valence-electron chi connectivity index (χ1n) is 13.2. The number of carbonyl (C=O) groups is 2. The number of rotatable bonds is 2. The van der Waals surface area contributed by atoms with Gasteiger partial charge in [-0.1, -0.05) is 6.07 Å². The van der Waals surface area contributed by atoms with E-state index in [1.54, 1.807) is 26.4 Å². The van der Waals surface area contributed by atoms with Gasteiger partial charge in [0.05, 0.1) is 20.3 Å². The first kappa shape index (κ1) is 25.3. The summed E-state index contributed by atoms with van der Waals surface area (Å²) in [7, 11) is 3.26. The molecule has 5 rings (SSSR count). The van der Waals surface area contributed by atoms with Crippen LogP contribution in [0.1, 0.15) is 54.1 Å². The van der Waals surface area contributed by atoms with Crippen LogP contribution in [-0.4, -0.2) is 72.1 Å². The van der Waals surface area contributed by atoms with Gasteiger partial charge in [-0.3, -0.25) is 19.3 Å². The topological polar surface area (TPSA) is 93.1 Å². The van der Waals surface area contributed by atoms with Crippen molar-refractivity contribution in [1.82, 2.24) is 19.7 Å². The van der Waals surface area contributed by atoms with Crippen molar-refractivity contribution >= 4 is 11.8 Å². The Labute approximate surface area is 217 Å². The molecule has 2 aromatic rings. The predicted molar refractivity (Wildman–Crippen MR) is 139 cm³/mol. The molecule has 198 valence electrons. The summed E-state index contributed by atoms with van der Waals surface area (Å²) in [5.41, 5.74) is 0.934. The molecule has 3 aliphatic heterocycles. The van der Waals surface area contributed by atoms with Crippen LogP contribution in [0.15, 0.2) is 41.3 Å². The van der Waals surface area contributed by atoms with E-state index in [4.69, 9.17) is 9.47 Å². The van der Waals surface area contributed by atoms with Gasteiger partial charge in [-0.25, -0.2) is 0 Å². The predicted octanol–water partition coefficient (Wildman–Crippen LogP) is 2.35. The molecule has 1 N–H and O–H groups in total. The number of aryl methyl sites for hydroxylation is 1. The summed E-state index contributed by atoms with van der Waals surface area (Å²) >= 11 is 0. The molecule has 37 heavy (non-hydrogen) atoms. The number of carbonyl (C=O) groups excluding carboxylic acids is 2. The zero-order valence-electron chi connectivity index (χ0n) is 21.7. The first-order chi connectivity index (χ1) is 18.0. The minimum absolute atomic E-state index is 0.0743. The van der Waals surface area contributed by atoms with E-state index >= 15 is 0 Å². The number of nitrogens with one attached hydrogen (secondary N) is 1. The van der Waals surface area contributed by atoms with Crippen molar-refractivity contribution in [1.29, 1.82) is 0 Å². The van der Waals surface area contributed by atoms with Gasteiger partial charge in [0.1, 0.15) is 5.56 Å². The summed E-state index contributed by atoms with van der Waals surface area (Å²) in [6.45, 7) is 2.37. The van der Waals surface area contributed by atoms with Gasteiger partial charge in [-0.15, -0.1) is 0 Å². The second-order valence-corrected chi connectivity index (χ2v) is 10.3. The molecule has 2 saturated heterocycles. The highest BCUT2D eigenvalue weighted by Gasteiger charge is 2.44. The molecule has 4 bridgehead atoms. The number of amides is 2. The van der Waals surface area contributed by atoms with Gasteiger partial charge >= 0.3 is 0 Å². The van der Waals surface area contributed by atoms with Gasteiger partial charge in [0.25, 0.3) is 11.5 Å². The molecule has 9 heteroatoms. The summed E-state index contributed by atoms with van der Waals surface area (Å²) < 4.78 is 13.1. The number of nitrogens with zero attached hydrogens (tertiary/aromatic N) is 3. The lowest BCUT2D eigenvalue weighted by Gasteiger charge is -2.25. The number of hydrogen-bond donors (Lipinski definition) is 1. The Kier molecular flexibility index (Phi) is 7.50. The maximum Gasteiger partial charge on any atom is 0.263 e. The smallest absolute Gasteiger partial charge is 0.263 e. The molecule has 0 saturated carbocycles. The molecule has 1 aromatic carbocycles. The standard InChI is InChI=1S/C28H36N4O5/c1-30-11-5-7-21(27(30)34)28(35)31-12-3-4-14-37-25-16-19(9-10-24(25)36-2)23-15-20(17-29-26(33)18-31)22-8-6-13-32(22)23/h5,7,9-11,16,20,22-23H,3-4,6,8,12-15,17-18H2,1-2H3,(H,29,33)/t20-,22+,23-/m1/s1. The molecule has 4 heterocycles. The summed E-state index contributed by atoms with van der Waals surface area (Å²) in [6.07, 6.45) is 6.17. The van der Waals surface area contributed by atoms with Gasteiger partial charge in [-0.2, -0.15) is 0 Å². The quantitative estimate of drug-likeness (QED) is 0.670. The fraction of sp³-hybridized carbons (Fsp3) is 0.536. The van der Waals surface area contributed by atoms with E-state index < -0.39 is 5.91 Å². The maximum absolute atomic E-state index is 13.3. The number of methoxy groups -OCH3 is 1. The molecule has 0 radical (unpaired) electrons. The van der Waals surface area contributed by atoms with Crippen molar-refractivity contribution in [3.8, 4) is 11.5 Å². The van der Waals surface area contributed by atoms with Crippen LogP contribution in [-0.2, 0) is 11.8 Å². The molecule has 0 aliphatic carbocycles. The Morgan fingerprint density at radius 3 is 2.84 bits per heavy atom. The highest BCUT2D eigenvalue weighted by molar-refractivity contribution is 5.96. The number of aromatic nitrogens is 1. The van der Waals surface area contributed by atoms with Gasteiger partial charge < -0.3 is 24.3 Å². The molecule has 1 aromatic heterocycles. The molecule has 3 atom stereocenters. The normalized spacial score (nSPS) is 24.8. The monoisotopic (exact) mass is 508 g/mol. The number of fused-ring (bicyclic) bond motifs is 8. The van der Waals surface area contributed by atoms with E-state index in [9.17, 15) is 14.4 Å². The van der Waals surface area contributed by atoms with Crippen LogP contribution in [0.4, 0.5) is 0 Å². The van der Waals surface area contributed by atoms with Crippen molar-refractivity contribution in [3.05, 3.63) is 58.0 Å². The zero-order chi connectivity index (χ0) is 25.9. The summed E-state index contributed by atoms with van der Waals surface area (Å²) in [5, 5.41) is 3.10. The molecule has 2 amide bonds. The van der Waals surface area contributed by atoms with Gasteiger partial charge in [0.15, 0.2) is 11.5 Å². The third kappa shape index (κ3) is 5.23. The highest BCUT2D eigenvalue weighted by atomic mass is 16.5. The number of benzene rings is 1. The Balaban J connectivity index is 1.40. The molecule has 0 unspecified atom stereocenters. The SMILES string of the molecule is COc1ccc2cc1OCCCCN(C(=O)c1cccn(C)c1=O)CC(=O)NC[C@H]1C[C@H]2N2CCC[C@@H]12. The minimum Gasteiger partial charge on any atom is -0.493 e. The third-order valence-corrected chi connectivity index (χ3v) is 8.00. The Hall–Kier alpha value is -3.33. The van der Waals surface area contributed by atoms with Crippen molar-refractivity contribution in [2.45, 2.75) is 44.2 Å². The molecule has 3 aliphatic rings. The summed E-state index contributed by atoms with van der Waals surface area (Å²) in [5.74, 6) is 1.17. The van der Waals surface area contributed by atoms with Gasteiger partial charge in [0, 0.05) is 38.4 Å². The summed E-state index contributed by atoms with van der Waals surface area (Å²) in [6, 6.07) is 10.1. The van der Waals surface area contributed by atoms with Gasteiger partial charge in [0.2, 0.25) is 5.91 Å². The lowest BCUT2D eigenvalue weighted by atomic mass is 9.94. The van der Waals surface area contributed by atoms with E-state index in [2.05, 4.69) is 22.3 Å². The van der Waals surface area contributed by atoms with Gasteiger partial charge in [-0.05, 0) is 74.4 Å². The van der Waals surface area contributed by atoms with Crippen molar-refractivity contribution in [3.63, 3.8) is 0 Å². The van der Waals surface area contributed by atoms with Crippen molar-refractivity contribution in [2.24, 2.45) is 13.0 Å². The van der Waals surface area contributed by atoms with Crippen molar-refractivity contribution < 1.29 is 19.1 Å². The van der Waals surface area contributed by atoms with Crippen LogP contribution in [0.2, 0.25) is 0 Å². The highest BCUT2D eigenvalue weighted by Crippen LogP contribution is 2.46. The van der Waals surface area contributed by atoms with Crippen LogP contribution in [0.3, 0.4) is 0 Å². The fourth-order valence-electron chi connectivity index (χ4n) is 6.09. The van der Waals surface area contributed by atoms with Crippen LogP contribution in [0.5, 0.6) is 11.5 Å². The fourth-order valence-corrected chi connectivity index (χ4v) is 6.09. The van der Waals surface area contributed by atoms with E-state index in [1.165, 1.54) is 21.1 Å². The first-order valence-corrected chi connectivity index (χ1v) is 13.2. The lowest BCUT2D eigenvalue weighted by molar-refractivity contribution is -0.122. The van der Waals surface area contributed by atoms with Crippen LogP contribution in [0.25, 0.3) is 0 Å². The largest absolute Gasteiger partial charge is 0.493 e. The lowest BCUT2D eigenvalue weighted by Crippen LogP contribution is -2.44. The second kappa shape index (κ2) is 11.0.